The SMILES string of the molecule is CCOCC(Nc1cc(C)c(N)cn1)C(C)C. The second-order valence-electron chi connectivity index (χ2n) is 4.58. The molecule has 1 aromatic heterocycles. The van der Waals surface area contributed by atoms with Crippen molar-refractivity contribution in [3.05, 3.63) is 17.8 Å². The Morgan fingerprint density at radius 1 is 1.47 bits per heavy atom. The zero-order valence-corrected chi connectivity index (χ0v) is 11.2. The second kappa shape index (κ2) is 6.45. The van der Waals surface area contributed by atoms with Crippen LogP contribution in [-0.2, 0) is 4.74 Å². The van der Waals surface area contributed by atoms with Crippen LogP contribution in [0.3, 0.4) is 0 Å². The van der Waals surface area contributed by atoms with Gasteiger partial charge in [0.25, 0.3) is 0 Å². The summed E-state index contributed by atoms with van der Waals surface area (Å²) in [4.78, 5) is 4.28. The fourth-order valence-corrected chi connectivity index (χ4v) is 1.48. The minimum Gasteiger partial charge on any atom is -0.397 e. The third-order valence-electron chi connectivity index (χ3n) is 2.79. The first-order valence-corrected chi connectivity index (χ1v) is 6.11. The van der Waals surface area contributed by atoms with Crippen LogP contribution in [0.5, 0.6) is 0 Å². The highest BCUT2D eigenvalue weighted by molar-refractivity contribution is 5.51. The van der Waals surface area contributed by atoms with Gasteiger partial charge in [-0.25, -0.2) is 4.98 Å². The molecule has 1 rings (SSSR count). The van der Waals surface area contributed by atoms with E-state index in [1.165, 1.54) is 0 Å². The second-order valence-corrected chi connectivity index (χ2v) is 4.58. The van der Waals surface area contributed by atoms with E-state index in [1.807, 2.05) is 19.9 Å². The van der Waals surface area contributed by atoms with Crippen LogP contribution in [0, 0.1) is 12.8 Å². The van der Waals surface area contributed by atoms with E-state index in [0.29, 0.717) is 12.5 Å². The summed E-state index contributed by atoms with van der Waals surface area (Å²) in [6.07, 6.45) is 1.69. The van der Waals surface area contributed by atoms with Crippen LogP contribution in [0.1, 0.15) is 26.3 Å². The Bertz CT molecular complexity index is 353. The quantitative estimate of drug-likeness (QED) is 0.798. The summed E-state index contributed by atoms with van der Waals surface area (Å²) >= 11 is 0. The molecule has 0 bridgehead atoms. The lowest BCUT2D eigenvalue weighted by Gasteiger charge is -2.23. The number of ether oxygens (including phenoxy) is 1. The molecule has 0 aliphatic heterocycles. The van der Waals surface area contributed by atoms with Gasteiger partial charge in [0, 0.05) is 6.61 Å². The molecule has 17 heavy (non-hydrogen) atoms. The van der Waals surface area contributed by atoms with E-state index < -0.39 is 0 Å². The fourth-order valence-electron chi connectivity index (χ4n) is 1.48. The zero-order valence-electron chi connectivity index (χ0n) is 11.2. The lowest BCUT2D eigenvalue weighted by Crippen LogP contribution is -2.31. The molecule has 0 saturated carbocycles. The molecule has 0 spiro atoms. The Labute approximate surface area is 104 Å². The standard InChI is InChI=1S/C13H23N3O/c1-5-17-8-12(9(2)3)16-13-6-10(4)11(14)7-15-13/h6-7,9,12H,5,8,14H2,1-4H3,(H,15,16). The Balaban J connectivity index is 2.68. The van der Waals surface area contributed by atoms with Crippen molar-refractivity contribution in [3.63, 3.8) is 0 Å². The van der Waals surface area contributed by atoms with Gasteiger partial charge in [-0.1, -0.05) is 13.8 Å². The third-order valence-corrected chi connectivity index (χ3v) is 2.79. The summed E-state index contributed by atoms with van der Waals surface area (Å²) in [6, 6.07) is 2.24. The van der Waals surface area contributed by atoms with Crippen molar-refractivity contribution in [2.75, 3.05) is 24.3 Å². The summed E-state index contributed by atoms with van der Waals surface area (Å²) in [6.45, 7) is 9.75. The molecule has 1 unspecified atom stereocenters. The highest BCUT2D eigenvalue weighted by atomic mass is 16.5. The molecular formula is C13H23N3O. The average molecular weight is 237 g/mol. The molecule has 0 aliphatic rings. The lowest BCUT2D eigenvalue weighted by molar-refractivity contribution is 0.126. The highest BCUT2D eigenvalue weighted by Crippen LogP contribution is 2.16. The number of nitrogens with one attached hydrogen (secondary N) is 1. The van der Waals surface area contributed by atoms with Gasteiger partial charge in [0.1, 0.15) is 5.82 Å². The van der Waals surface area contributed by atoms with Gasteiger partial charge in [-0.2, -0.15) is 0 Å². The summed E-state index contributed by atoms with van der Waals surface area (Å²) in [5.41, 5.74) is 7.51. The number of nitrogens with zero attached hydrogens (tertiary/aromatic N) is 1. The maximum Gasteiger partial charge on any atom is 0.126 e. The summed E-state index contributed by atoms with van der Waals surface area (Å²) in [5, 5.41) is 3.39. The van der Waals surface area contributed by atoms with Gasteiger partial charge in [-0.05, 0) is 31.4 Å². The van der Waals surface area contributed by atoms with E-state index in [4.69, 9.17) is 10.5 Å². The molecule has 4 heteroatoms. The Morgan fingerprint density at radius 2 is 2.18 bits per heavy atom. The van der Waals surface area contributed by atoms with Crippen molar-refractivity contribution < 1.29 is 4.74 Å². The van der Waals surface area contributed by atoms with Gasteiger partial charge in [-0.3, -0.25) is 0 Å². The zero-order chi connectivity index (χ0) is 12.8. The molecule has 1 atom stereocenters. The third kappa shape index (κ3) is 4.23. The number of hydrogen-bond donors (Lipinski definition) is 2. The van der Waals surface area contributed by atoms with Gasteiger partial charge in [-0.15, -0.1) is 0 Å². The van der Waals surface area contributed by atoms with E-state index in [0.717, 1.165) is 23.7 Å². The number of nitrogen functional groups attached to an aromatic ring is 1. The topological polar surface area (TPSA) is 60.2 Å². The number of rotatable bonds is 6. The molecule has 0 saturated heterocycles. The van der Waals surface area contributed by atoms with Crippen molar-refractivity contribution >= 4 is 11.5 Å². The van der Waals surface area contributed by atoms with Crippen molar-refractivity contribution in [3.8, 4) is 0 Å². The predicted octanol–water partition coefficient (Wildman–Crippen LogP) is 2.45. The first-order valence-electron chi connectivity index (χ1n) is 6.11. The summed E-state index contributed by atoms with van der Waals surface area (Å²) in [7, 11) is 0. The van der Waals surface area contributed by atoms with E-state index in [9.17, 15) is 0 Å². The monoisotopic (exact) mass is 237 g/mol. The van der Waals surface area contributed by atoms with Crippen LogP contribution >= 0.6 is 0 Å². The number of nitrogens with two attached hydrogens (primary N) is 1. The molecular weight excluding hydrogens is 214 g/mol. The number of pyridine rings is 1. The molecule has 1 aromatic rings. The minimum atomic E-state index is 0.269. The Morgan fingerprint density at radius 3 is 2.71 bits per heavy atom. The largest absolute Gasteiger partial charge is 0.397 e. The number of aromatic nitrogens is 1. The normalized spacial score (nSPS) is 12.8. The molecule has 0 amide bonds. The fraction of sp³-hybridized carbons (Fsp3) is 0.615. The predicted molar refractivity (Wildman–Crippen MR) is 72.1 cm³/mol. The summed E-state index contributed by atoms with van der Waals surface area (Å²) < 4.78 is 5.47. The smallest absolute Gasteiger partial charge is 0.126 e. The van der Waals surface area contributed by atoms with Crippen LogP contribution in [-0.4, -0.2) is 24.2 Å². The summed E-state index contributed by atoms with van der Waals surface area (Å²) in [5.74, 6) is 1.34. The van der Waals surface area contributed by atoms with Gasteiger partial charge in [0.15, 0.2) is 0 Å². The van der Waals surface area contributed by atoms with Gasteiger partial charge < -0.3 is 15.8 Å². The molecule has 0 fully saturated rings. The first kappa shape index (κ1) is 13.8. The van der Waals surface area contributed by atoms with Crippen molar-refractivity contribution in [1.29, 1.82) is 0 Å². The van der Waals surface area contributed by atoms with Crippen LogP contribution in [0.15, 0.2) is 12.3 Å². The van der Waals surface area contributed by atoms with Crippen LogP contribution in [0.2, 0.25) is 0 Å². The maximum atomic E-state index is 5.74. The average Bonchev–Trinajstić information content (AvgIpc) is 2.28. The Hall–Kier alpha value is -1.29. The van der Waals surface area contributed by atoms with Crippen LogP contribution in [0.25, 0.3) is 0 Å². The maximum absolute atomic E-state index is 5.74. The first-order chi connectivity index (χ1) is 8.04. The number of hydrogen-bond acceptors (Lipinski definition) is 4. The van der Waals surface area contributed by atoms with E-state index in [1.54, 1.807) is 6.20 Å². The van der Waals surface area contributed by atoms with E-state index in [-0.39, 0.29) is 6.04 Å². The van der Waals surface area contributed by atoms with E-state index >= 15 is 0 Å². The molecule has 0 aromatic carbocycles. The molecule has 3 N–H and O–H groups in total. The van der Waals surface area contributed by atoms with Crippen LogP contribution in [0.4, 0.5) is 11.5 Å². The number of aryl methyl sites for hydroxylation is 1. The number of anilines is 2. The molecule has 1 heterocycles. The van der Waals surface area contributed by atoms with Crippen molar-refractivity contribution in [2.24, 2.45) is 5.92 Å². The van der Waals surface area contributed by atoms with Crippen molar-refractivity contribution in [2.45, 2.75) is 33.7 Å². The van der Waals surface area contributed by atoms with Gasteiger partial charge >= 0.3 is 0 Å². The highest BCUT2D eigenvalue weighted by Gasteiger charge is 2.13. The Kier molecular flexibility index (Phi) is 5.22. The van der Waals surface area contributed by atoms with Gasteiger partial charge in [0.2, 0.25) is 0 Å². The minimum absolute atomic E-state index is 0.269. The van der Waals surface area contributed by atoms with E-state index in [2.05, 4.69) is 24.1 Å². The van der Waals surface area contributed by atoms with Crippen molar-refractivity contribution in [1.82, 2.24) is 4.98 Å². The molecule has 4 nitrogen and oxygen atoms in total. The van der Waals surface area contributed by atoms with Gasteiger partial charge in [0.05, 0.1) is 24.5 Å². The molecule has 0 aliphatic carbocycles. The van der Waals surface area contributed by atoms with Crippen LogP contribution < -0.4 is 11.1 Å². The molecule has 0 radical (unpaired) electrons. The lowest BCUT2D eigenvalue weighted by atomic mass is 10.1. The molecule has 96 valence electrons.